The third-order valence-corrected chi connectivity index (χ3v) is 6.28. The first-order valence-electron chi connectivity index (χ1n) is 8.84. The summed E-state index contributed by atoms with van der Waals surface area (Å²) >= 11 is 6.29. The van der Waals surface area contributed by atoms with Crippen molar-refractivity contribution in [3.05, 3.63) is 63.1 Å². The van der Waals surface area contributed by atoms with E-state index in [4.69, 9.17) is 9.47 Å². The zero-order valence-corrected chi connectivity index (χ0v) is 19.5. The van der Waals surface area contributed by atoms with Gasteiger partial charge in [0, 0.05) is 0 Å². The summed E-state index contributed by atoms with van der Waals surface area (Å²) in [5.41, 5.74) is 4.31. The summed E-state index contributed by atoms with van der Waals surface area (Å²) < 4.78 is 12.9. The van der Waals surface area contributed by atoms with Crippen LogP contribution in [0.15, 0.2) is 56.4 Å². The Kier molecular flexibility index (Phi) is 8.23. The molecule has 0 aliphatic heterocycles. The minimum absolute atomic E-state index is 0.214. The molecule has 7 nitrogen and oxygen atoms in total. The maximum Gasteiger partial charge on any atom is 0.250 e. The Hall–Kier alpha value is -2.43. The van der Waals surface area contributed by atoms with Crippen LogP contribution in [0.4, 0.5) is 0 Å². The predicted octanol–water partition coefficient (Wildman–Crippen LogP) is 4.44. The van der Waals surface area contributed by atoms with Gasteiger partial charge < -0.3 is 9.47 Å². The lowest BCUT2D eigenvalue weighted by Crippen LogP contribution is -2.19. The minimum atomic E-state index is -0.224. The number of methoxy groups -OCH3 is 1. The number of benzene rings is 2. The predicted molar refractivity (Wildman–Crippen MR) is 123 cm³/mol. The van der Waals surface area contributed by atoms with E-state index in [0.29, 0.717) is 18.1 Å². The van der Waals surface area contributed by atoms with E-state index >= 15 is 0 Å². The number of halogens is 1. The number of rotatable bonds is 9. The van der Waals surface area contributed by atoms with Crippen molar-refractivity contribution >= 4 is 51.2 Å². The number of aromatic nitrogens is 2. The Bertz CT molecular complexity index is 1030. The lowest BCUT2D eigenvalue weighted by atomic mass is 10.2. The molecular weight excluding hydrogens is 488 g/mol. The van der Waals surface area contributed by atoms with Crippen LogP contribution in [-0.4, -0.2) is 35.2 Å². The van der Waals surface area contributed by atoms with Crippen molar-refractivity contribution in [3.8, 4) is 11.5 Å². The van der Waals surface area contributed by atoms with Crippen molar-refractivity contribution in [3.63, 3.8) is 0 Å². The molecule has 0 saturated carbocycles. The molecule has 0 fully saturated rings. The molecule has 10 heteroatoms. The highest BCUT2D eigenvalue weighted by Gasteiger charge is 2.12. The molecule has 0 atom stereocenters. The van der Waals surface area contributed by atoms with Crippen LogP contribution in [-0.2, 0) is 11.4 Å². The van der Waals surface area contributed by atoms with Gasteiger partial charge in [0.2, 0.25) is 0 Å². The second-order valence-electron chi connectivity index (χ2n) is 5.98. The third-order valence-electron chi connectivity index (χ3n) is 3.71. The highest BCUT2D eigenvalue weighted by Crippen LogP contribution is 2.36. The summed E-state index contributed by atoms with van der Waals surface area (Å²) in [4.78, 5) is 11.9. The minimum Gasteiger partial charge on any atom is -0.493 e. The zero-order chi connectivity index (χ0) is 21.3. The van der Waals surface area contributed by atoms with E-state index in [1.54, 1.807) is 19.4 Å². The smallest absolute Gasteiger partial charge is 0.250 e. The van der Waals surface area contributed by atoms with E-state index in [2.05, 4.69) is 36.7 Å². The fraction of sp³-hybridized carbons (Fsp3) is 0.200. The summed E-state index contributed by atoms with van der Waals surface area (Å²) in [6.45, 7) is 2.29. The SMILES string of the molecule is COc1cc(/C=N\NC(=O)CSc2nnc(C)s2)cc(Br)c1OCc1ccccc1. The van der Waals surface area contributed by atoms with Crippen LogP contribution in [0.25, 0.3) is 0 Å². The van der Waals surface area contributed by atoms with Crippen LogP contribution in [0.1, 0.15) is 16.1 Å². The summed E-state index contributed by atoms with van der Waals surface area (Å²) in [7, 11) is 1.58. The van der Waals surface area contributed by atoms with Gasteiger partial charge in [-0.05, 0) is 46.1 Å². The Morgan fingerprint density at radius 1 is 1.30 bits per heavy atom. The van der Waals surface area contributed by atoms with Gasteiger partial charge in [-0.3, -0.25) is 4.79 Å². The maximum atomic E-state index is 11.9. The maximum absolute atomic E-state index is 11.9. The standard InChI is InChI=1S/C20H19BrN4O3S2/c1-13-23-25-20(30-13)29-12-18(26)24-22-10-15-8-16(21)19(17(9-15)27-2)28-11-14-6-4-3-5-7-14/h3-10H,11-12H2,1-2H3,(H,24,26)/b22-10-. The van der Waals surface area contributed by atoms with Crippen molar-refractivity contribution in [2.45, 2.75) is 17.9 Å². The van der Waals surface area contributed by atoms with Gasteiger partial charge >= 0.3 is 0 Å². The number of hydrazone groups is 1. The Labute approximate surface area is 191 Å². The second-order valence-corrected chi connectivity index (χ2v) is 9.24. The van der Waals surface area contributed by atoms with Crippen molar-refractivity contribution in [1.29, 1.82) is 0 Å². The van der Waals surface area contributed by atoms with Crippen LogP contribution < -0.4 is 14.9 Å². The Balaban J connectivity index is 1.57. The molecule has 1 aromatic heterocycles. The summed E-state index contributed by atoms with van der Waals surface area (Å²) in [6, 6.07) is 13.5. The third kappa shape index (κ3) is 6.54. The number of hydrogen-bond acceptors (Lipinski definition) is 8. The van der Waals surface area contributed by atoms with Gasteiger partial charge in [-0.15, -0.1) is 10.2 Å². The normalized spacial score (nSPS) is 10.9. The second kappa shape index (κ2) is 11.1. The molecule has 0 radical (unpaired) electrons. The molecule has 30 heavy (non-hydrogen) atoms. The number of carbonyl (C=O) groups is 1. The lowest BCUT2D eigenvalue weighted by molar-refractivity contribution is -0.118. The van der Waals surface area contributed by atoms with Gasteiger partial charge in [0.15, 0.2) is 15.8 Å². The van der Waals surface area contributed by atoms with Crippen molar-refractivity contribution < 1.29 is 14.3 Å². The van der Waals surface area contributed by atoms with E-state index in [-0.39, 0.29) is 11.7 Å². The lowest BCUT2D eigenvalue weighted by Gasteiger charge is -2.13. The number of hydrogen-bond donors (Lipinski definition) is 1. The van der Waals surface area contributed by atoms with E-state index in [0.717, 1.165) is 24.9 Å². The molecule has 1 amide bonds. The molecule has 0 spiro atoms. The molecule has 0 aliphatic carbocycles. The summed E-state index contributed by atoms with van der Waals surface area (Å²) in [5.74, 6) is 1.16. The van der Waals surface area contributed by atoms with Gasteiger partial charge in [-0.1, -0.05) is 53.4 Å². The molecule has 2 aromatic carbocycles. The van der Waals surface area contributed by atoms with Crippen LogP contribution in [0.5, 0.6) is 11.5 Å². The number of nitrogens with zero attached hydrogens (tertiary/aromatic N) is 3. The van der Waals surface area contributed by atoms with Crippen molar-refractivity contribution in [1.82, 2.24) is 15.6 Å². The number of carbonyl (C=O) groups excluding carboxylic acids is 1. The van der Waals surface area contributed by atoms with Crippen LogP contribution in [0.3, 0.4) is 0 Å². The molecule has 3 aromatic rings. The van der Waals surface area contributed by atoms with Crippen molar-refractivity contribution in [2.75, 3.05) is 12.9 Å². The number of nitrogens with one attached hydrogen (secondary N) is 1. The fourth-order valence-corrected chi connectivity index (χ4v) is 4.54. The molecule has 1 N–H and O–H groups in total. The van der Waals surface area contributed by atoms with Crippen molar-refractivity contribution in [2.24, 2.45) is 5.10 Å². The van der Waals surface area contributed by atoms with Crippen LogP contribution >= 0.6 is 39.0 Å². The molecule has 0 aliphatic rings. The first-order valence-corrected chi connectivity index (χ1v) is 11.4. The molecule has 0 saturated heterocycles. The number of amides is 1. The molecule has 3 rings (SSSR count). The largest absolute Gasteiger partial charge is 0.493 e. The van der Waals surface area contributed by atoms with Gasteiger partial charge in [-0.2, -0.15) is 5.10 Å². The quantitative estimate of drug-likeness (QED) is 0.262. The number of ether oxygens (including phenoxy) is 2. The first kappa shape index (κ1) is 22.3. The first-order chi connectivity index (χ1) is 14.5. The van der Waals surface area contributed by atoms with E-state index in [1.165, 1.54) is 23.1 Å². The molecule has 0 unspecified atom stereocenters. The number of thioether (sulfide) groups is 1. The zero-order valence-electron chi connectivity index (χ0n) is 16.3. The number of aryl methyl sites for hydroxylation is 1. The van der Waals surface area contributed by atoms with Gasteiger partial charge in [0.25, 0.3) is 5.91 Å². The average molecular weight is 507 g/mol. The van der Waals surface area contributed by atoms with Crippen LogP contribution in [0, 0.1) is 6.92 Å². The van der Waals surface area contributed by atoms with E-state index in [9.17, 15) is 4.79 Å². The van der Waals surface area contributed by atoms with Gasteiger partial charge in [0.1, 0.15) is 11.6 Å². The van der Waals surface area contributed by atoms with E-state index in [1.807, 2.05) is 43.3 Å². The average Bonchev–Trinajstić information content (AvgIpc) is 3.17. The highest BCUT2D eigenvalue weighted by atomic mass is 79.9. The fourth-order valence-electron chi connectivity index (χ4n) is 2.36. The molecular formula is C20H19BrN4O3S2. The molecule has 0 bridgehead atoms. The molecule has 156 valence electrons. The Morgan fingerprint density at radius 2 is 2.10 bits per heavy atom. The van der Waals surface area contributed by atoms with E-state index < -0.39 is 0 Å². The summed E-state index contributed by atoms with van der Waals surface area (Å²) in [6.07, 6.45) is 1.55. The monoisotopic (exact) mass is 506 g/mol. The van der Waals surface area contributed by atoms with Crippen LogP contribution in [0.2, 0.25) is 0 Å². The topological polar surface area (TPSA) is 85.7 Å². The highest BCUT2D eigenvalue weighted by molar-refractivity contribution is 9.10. The van der Waals surface area contributed by atoms with Gasteiger partial charge in [0.05, 0.1) is 23.5 Å². The Morgan fingerprint density at radius 3 is 2.80 bits per heavy atom. The summed E-state index contributed by atoms with van der Waals surface area (Å²) in [5, 5.41) is 12.8. The molecule has 1 heterocycles. The van der Waals surface area contributed by atoms with Gasteiger partial charge in [-0.25, -0.2) is 5.43 Å².